The molecule has 0 saturated heterocycles. The van der Waals surface area contributed by atoms with E-state index in [1.165, 1.54) is 56.9 Å². The molecule has 26 heavy (non-hydrogen) atoms. The van der Waals surface area contributed by atoms with Crippen LogP contribution in [0.3, 0.4) is 0 Å². The third kappa shape index (κ3) is 6.15. The van der Waals surface area contributed by atoms with Gasteiger partial charge in [0.15, 0.2) is 5.11 Å². The molecule has 2 rings (SSSR count). The molecular formula is C22H36N2OS. The van der Waals surface area contributed by atoms with Gasteiger partial charge in [-0.25, -0.2) is 0 Å². The molecule has 1 fully saturated rings. The minimum absolute atomic E-state index is 0.482. The van der Waals surface area contributed by atoms with Gasteiger partial charge in [-0.2, -0.15) is 0 Å². The smallest absolute Gasteiger partial charge is 0.169 e. The fourth-order valence-corrected chi connectivity index (χ4v) is 4.26. The second-order valence-electron chi connectivity index (χ2n) is 7.43. The molecule has 0 aromatic heterocycles. The van der Waals surface area contributed by atoms with Crippen LogP contribution in [0, 0.1) is 0 Å². The Morgan fingerprint density at radius 2 is 1.96 bits per heavy atom. The SMILES string of the molecule is CCCCCC(CC)NC(=S)N(Cc1ccccc1OC)C1CCCC1. The number of unbranched alkanes of at least 4 members (excludes halogenated alkanes) is 2. The molecule has 0 bridgehead atoms. The molecule has 146 valence electrons. The van der Waals surface area contributed by atoms with Crippen LogP contribution in [0.15, 0.2) is 24.3 Å². The van der Waals surface area contributed by atoms with Crippen molar-refractivity contribution in [3.05, 3.63) is 29.8 Å². The topological polar surface area (TPSA) is 24.5 Å². The van der Waals surface area contributed by atoms with Gasteiger partial charge in [-0.3, -0.25) is 0 Å². The number of benzene rings is 1. The molecule has 1 saturated carbocycles. The predicted molar refractivity (Wildman–Crippen MR) is 115 cm³/mol. The summed E-state index contributed by atoms with van der Waals surface area (Å²) in [6, 6.07) is 9.34. The van der Waals surface area contributed by atoms with E-state index in [0.717, 1.165) is 23.8 Å². The van der Waals surface area contributed by atoms with Crippen LogP contribution in [0.1, 0.15) is 77.2 Å². The third-order valence-electron chi connectivity index (χ3n) is 5.54. The molecule has 1 aromatic carbocycles. The average Bonchev–Trinajstić information content (AvgIpc) is 3.19. The Morgan fingerprint density at radius 3 is 2.62 bits per heavy atom. The Morgan fingerprint density at radius 1 is 1.23 bits per heavy atom. The number of nitrogens with zero attached hydrogens (tertiary/aromatic N) is 1. The van der Waals surface area contributed by atoms with Gasteiger partial charge in [-0.1, -0.05) is 64.2 Å². The molecule has 0 spiro atoms. The highest BCUT2D eigenvalue weighted by atomic mass is 32.1. The van der Waals surface area contributed by atoms with Gasteiger partial charge < -0.3 is 15.0 Å². The average molecular weight is 377 g/mol. The Hall–Kier alpha value is -1.29. The van der Waals surface area contributed by atoms with Crippen molar-refractivity contribution in [2.24, 2.45) is 0 Å². The molecule has 1 aromatic rings. The van der Waals surface area contributed by atoms with Crippen LogP contribution in [-0.4, -0.2) is 29.2 Å². The summed E-state index contributed by atoms with van der Waals surface area (Å²) < 4.78 is 5.57. The number of hydrogen-bond acceptors (Lipinski definition) is 2. The lowest BCUT2D eigenvalue weighted by atomic mass is 10.1. The molecule has 0 heterocycles. The summed E-state index contributed by atoms with van der Waals surface area (Å²) in [5.41, 5.74) is 1.21. The van der Waals surface area contributed by atoms with Crippen molar-refractivity contribution in [1.82, 2.24) is 10.2 Å². The third-order valence-corrected chi connectivity index (χ3v) is 5.89. The lowest BCUT2D eigenvalue weighted by Crippen LogP contribution is -2.48. The Bertz CT molecular complexity index is 543. The van der Waals surface area contributed by atoms with Gasteiger partial charge in [-0.15, -0.1) is 0 Å². The molecule has 1 aliphatic carbocycles. The van der Waals surface area contributed by atoms with Crippen molar-refractivity contribution in [3.63, 3.8) is 0 Å². The van der Waals surface area contributed by atoms with E-state index >= 15 is 0 Å². The van der Waals surface area contributed by atoms with Crippen LogP contribution in [-0.2, 0) is 6.54 Å². The molecule has 0 aliphatic heterocycles. The maximum Gasteiger partial charge on any atom is 0.169 e. The first-order valence-corrected chi connectivity index (χ1v) is 10.8. The van der Waals surface area contributed by atoms with E-state index in [-0.39, 0.29) is 0 Å². The number of ether oxygens (including phenoxy) is 1. The molecule has 3 nitrogen and oxygen atoms in total. The fourth-order valence-electron chi connectivity index (χ4n) is 3.88. The first-order chi connectivity index (χ1) is 12.7. The number of thiocarbonyl (C=S) groups is 1. The van der Waals surface area contributed by atoms with Crippen molar-refractivity contribution in [3.8, 4) is 5.75 Å². The maximum atomic E-state index is 5.89. The van der Waals surface area contributed by atoms with E-state index < -0.39 is 0 Å². The summed E-state index contributed by atoms with van der Waals surface area (Å²) in [5.74, 6) is 0.952. The van der Waals surface area contributed by atoms with E-state index in [1.807, 2.05) is 12.1 Å². The Kier molecular flexibility index (Phi) is 9.24. The Labute approximate surface area is 165 Å². The van der Waals surface area contributed by atoms with Gasteiger partial charge in [-0.05, 0) is 44.0 Å². The molecule has 1 atom stereocenters. The molecule has 1 aliphatic rings. The highest BCUT2D eigenvalue weighted by molar-refractivity contribution is 7.80. The van der Waals surface area contributed by atoms with E-state index in [4.69, 9.17) is 17.0 Å². The van der Waals surface area contributed by atoms with Crippen LogP contribution >= 0.6 is 12.2 Å². The molecule has 1 N–H and O–H groups in total. The number of hydrogen-bond donors (Lipinski definition) is 1. The van der Waals surface area contributed by atoms with E-state index in [1.54, 1.807) is 7.11 Å². The number of rotatable bonds is 10. The van der Waals surface area contributed by atoms with E-state index in [2.05, 4.69) is 36.2 Å². The van der Waals surface area contributed by atoms with Crippen molar-refractivity contribution >= 4 is 17.3 Å². The van der Waals surface area contributed by atoms with Gasteiger partial charge in [0.2, 0.25) is 0 Å². The van der Waals surface area contributed by atoms with E-state index in [9.17, 15) is 0 Å². The van der Waals surface area contributed by atoms with Gasteiger partial charge in [0.25, 0.3) is 0 Å². The van der Waals surface area contributed by atoms with Crippen LogP contribution in [0.4, 0.5) is 0 Å². The highest BCUT2D eigenvalue weighted by Crippen LogP contribution is 2.28. The van der Waals surface area contributed by atoms with Crippen molar-refractivity contribution in [2.45, 2.75) is 90.3 Å². The Balaban J connectivity index is 2.07. The van der Waals surface area contributed by atoms with Crippen LogP contribution < -0.4 is 10.1 Å². The maximum absolute atomic E-state index is 5.89. The summed E-state index contributed by atoms with van der Waals surface area (Å²) in [6.07, 6.45) is 11.3. The van der Waals surface area contributed by atoms with Crippen LogP contribution in [0.5, 0.6) is 5.75 Å². The monoisotopic (exact) mass is 376 g/mol. The lowest BCUT2D eigenvalue weighted by molar-refractivity contribution is 0.292. The minimum Gasteiger partial charge on any atom is -0.496 e. The second kappa shape index (κ2) is 11.4. The normalized spacial score (nSPS) is 15.7. The van der Waals surface area contributed by atoms with Gasteiger partial charge >= 0.3 is 0 Å². The number of methoxy groups -OCH3 is 1. The summed E-state index contributed by atoms with van der Waals surface area (Å²) in [4.78, 5) is 2.42. The van der Waals surface area contributed by atoms with Crippen molar-refractivity contribution in [1.29, 1.82) is 0 Å². The zero-order valence-electron chi connectivity index (χ0n) is 16.8. The lowest BCUT2D eigenvalue weighted by Gasteiger charge is -2.34. The molecule has 4 heteroatoms. The number of para-hydroxylation sites is 1. The molecule has 0 amide bonds. The second-order valence-corrected chi connectivity index (χ2v) is 7.82. The standard InChI is InChI=1S/C22H36N2OS/c1-4-6-7-13-19(5-2)23-22(26)24(20-14-9-10-15-20)17-18-12-8-11-16-21(18)25-3/h8,11-12,16,19-20H,4-7,9-10,13-15,17H2,1-3H3,(H,23,26). The van der Waals surface area contributed by atoms with Crippen molar-refractivity contribution < 1.29 is 4.74 Å². The zero-order valence-corrected chi connectivity index (χ0v) is 17.6. The first kappa shape index (κ1) is 21.0. The highest BCUT2D eigenvalue weighted by Gasteiger charge is 2.26. The summed E-state index contributed by atoms with van der Waals surface area (Å²) in [6.45, 7) is 5.34. The van der Waals surface area contributed by atoms with Gasteiger partial charge in [0, 0.05) is 24.2 Å². The summed E-state index contributed by atoms with van der Waals surface area (Å²) in [7, 11) is 1.75. The van der Waals surface area contributed by atoms with Gasteiger partial charge in [0.05, 0.1) is 7.11 Å². The van der Waals surface area contributed by atoms with Crippen molar-refractivity contribution in [2.75, 3.05) is 7.11 Å². The predicted octanol–water partition coefficient (Wildman–Crippen LogP) is 5.67. The van der Waals surface area contributed by atoms with Gasteiger partial charge in [0.1, 0.15) is 5.75 Å². The first-order valence-electron chi connectivity index (χ1n) is 10.4. The van der Waals surface area contributed by atoms with E-state index in [0.29, 0.717) is 12.1 Å². The zero-order chi connectivity index (χ0) is 18.8. The number of nitrogens with one attached hydrogen (secondary N) is 1. The largest absolute Gasteiger partial charge is 0.496 e. The minimum atomic E-state index is 0.482. The molecule has 1 unspecified atom stereocenters. The fraction of sp³-hybridized carbons (Fsp3) is 0.682. The quantitative estimate of drug-likeness (QED) is 0.420. The molecule has 0 radical (unpaired) electrons. The summed E-state index contributed by atoms with van der Waals surface area (Å²) >= 11 is 5.89. The van der Waals surface area contributed by atoms with Crippen LogP contribution in [0.25, 0.3) is 0 Å². The van der Waals surface area contributed by atoms with Crippen LogP contribution in [0.2, 0.25) is 0 Å². The summed E-state index contributed by atoms with van der Waals surface area (Å²) in [5, 5.41) is 4.60. The molecular weight excluding hydrogens is 340 g/mol.